The molecule has 0 fully saturated rings. The molecule has 2 heterocycles. The summed E-state index contributed by atoms with van der Waals surface area (Å²) in [5.74, 6) is 1.28. The maximum Gasteiger partial charge on any atom is 0.159 e. The normalized spacial score (nSPS) is 10.6. The SMILES string of the molecule is Cc1ccc(Nc2ncnc(NCCc3cccs3)c2N)cc1C. The molecule has 5 nitrogen and oxygen atoms in total. The minimum atomic E-state index is 0.530. The van der Waals surface area contributed by atoms with E-state index in [2.05, 4.69) is 64.1 Å². The lowest BCUT2D eigenvalue weighted by molar-refractivity contribution is 1.02. The summed E-state index contributed by atoms with van der Waals surface area (Å²) >= 11 is 1.75. The minimum absolute atomic E-state index is 0.530. The maximum atomic E-state index is 6.21. The fraction of sp³-hybridized carbons (Fsp3) is 0.222. The van der Waals surface area contributed by atoms with Crippen molar-refractivity contribution >= 4 is 34.3 Å². The molecule has 0 saturated carbocycles. The van der Waals surface area contributed by atoms with E-state index in [9.17, 15) is 0 Å². The number of nitrogens with two attached hydrogens (primary N) is 1. The zero-order chi connectivity index (χ0) is 16.9. The van der Waals surface area contributed by atoms with Gasteiger partial charge >= 0.3 is 0 Å². The molecule has 24 heavy (non-hydrogen) atoms. The summed E-state index contributed by atoms with van der Waals surface area (Å²) in [6, 6.07) is 10.4. The van der Waals surface area contributed by atoms with Crippen LogP contribution in [0.1, 0.15) is 16.0 Å². The number of benzene rings is 1. The van der Waals surface area contributed by atoms with Crippen molar-refractivity contribution in [3.05, 3.63) is 58.0 Å². The molecule has 0 spiro atoms. The number of aromatic nitrogens is 2. The molecule has 3 aromatic rings. The summed E-state index contributed by atoms with van der Waals surface area (Å²) in [5, 5.41) is 8.64. The van der Waals surface area contributed by atoms with Gasteiger partial charge < -0.3 is 16.4 Å². The zero-order valence-corrected chi connectivity index (χ0v) is 14.7. The second-order valence-corrected chi connectivity index (χ2v) is 6.70. The Bertz CT molecular complexity index is 814. The lowest BCUT2D eigenvalue weighted by Crippen LogP contribution is -2.10. The molecular weight excluding hydrogens is 318 g/mol. The second-order valence-electron chi connectivity index (χ2n) is 5.66. The van der Waals surface area contributed by atoms with Crippen molar-refractivity contribution in [2.24, 2.45) is 0 Å². The number of anilines is 4. The predicted molar refractivity (Wildman–Crippen MR) is 102 cm³/mol. The van der Waals surface area contributed by atoms with Crippen LogP contribution in [0.5, 0.6) is 0 Å². The number of hydrogen-bond acceptors (Lipinski definition) is 6. The smallest absolute Gasteiger partial charge is 0.159 e. The molecule has 2 aromatic heterocycles. The molecule has 0 aliphatic carbocycles. The topological polar surface area (TPSA) is 75.9 Å². The number of nitrogen functional groups attached to an aromatic ring is 1. The summed E-state index contributed by atoms with van der Waals surface area (Å²) in [4.78, 5) is 9.84. The van der Waals surface area contributed by atoms with Crippen molar-refractivity contribution in [1.29, 1.82) is 0 Å². The Labute approximate surface area is 146 Å². The van der Waals surface area contributed by atoms with E-state index in [4.69, 9.17) is 5.73 Å². The fourth-order valence-corrected chi connectivity index (χ4v) is 3.06. The first-order valence-corrected chi connectivity index (χ1v) is 8.72. The van der Waals surface area contributed by atoms with Crippen LogP contribution in [0, 0.1) is 13.8 Å². The highest BCUT2D eigenvalue weighted by Crippen LogP contribution is 2.26. The van der Waals surface area contributed by atoms with E-state index >= 15 is 0 Å². The van der Waals surface area contributed by atoms with E-state index < -0.39 is 0 Å². The molecule has 124 valence electrons. The van der Waals surface area contributed by atoms with Crippen LogP contribution < -0.4 is 16.4 Å². The number of hydrogen-bond donors (Lipinski definition) is 3. The highest BCUT2D eigenvalue weighted by molar-refractivity contribution is 7.09. The van der Waals surface area contributed by atoms with E-state index in [0.29, 0.717) is 17.3 Å². The Morgan fingerprint density at radius 3 is 2.67 bits per heavy atom. The van der Waals surface area contributed by atoms with Crippen LogP contribution in [-0.4, -0.2) is 16.5 Å². The van der Waals surface area contributed by atoms with Crippen LogP contribution >= 0.6 is 11.3 Å². The second kappa shape index (κ2) is 7.31. The van der Waals surface area contributed by atoms with Gasteiger partial charge in [-0.1, -0.05) is 12.1 Å². The molecular formula is C18H21N5S. The molecule has 4 N–H and O–H groups in total. The number of nitrogens with one attached hydrogen (secondary N) is 2. The van der Waals surface area contributed by atoms with Gasteiger partial charge in [-0.15, -0.1) is 11.3 Å². The molecule has 0 radical (unpaired) electrons. The summed E-state index contributed by atoms with van der Waals surface area (Å²) in [6.45, 7) is 4.96. The van der Waals surface area contributed by atoms with Gasteiger partial charge in [0.05, 0.1) is 0 Å². The van der Waals surface area contributed by atoms with Crippen LogP contribution in [0.15, 0.2) is 42.0 Å². The van der Waals surface area contributed by atoms with Gasteiger partial charge in [0.15, 0.2) is 11.6 Å². The standard InChI is InChI=1S/C18H21N5S/c1-12-5-6-14(10-13(12)2)23-18-16(19)17(21-11-22-18)20-8-7-15-4-3-9-24-15/h3-6,9-11H,7-8,19H2,1-2H3,(H2,20,21,22,23). The van der Waals surface area contributed by atoms with Crippen LogP contribution in [0.4, 0.5) is 23.0 Å². The Hall–Kier alpha value is -2.60. The predicted octanol–water partition coefficient (Wildman–Crippen LogP) is 4.14. The van der Waals surface area contributed by atoms with Crippen LogP contribution in [0.3, 0.4) is 0 Å². The van der Waals surface area contributed by atoms with Crippen molar-refractivity contribution in [2.45, 2.75) is 20.3 Å². The molecule has 0 atom stereocenters. The fourth-order valence-electron chi connectivity index (χ4n) is 2.35. The Balaban J connectivity index is 1.69. The van der Waals surface area contributed by atoms with Crippen molar-refractivity contribution in [2.75, 3.05) is 22.9 Å². The van der Waals surface area contributed by atoms with E-state index in [1.807, 2.05) is 6.07 Å². The van der Waals surface area contributed by atoms with Gasteiger partial charge in [0.1, 0.15) is 12.0 Å². The molecule has 0 amide bonds. The zero-order valence-electron chi connectivity index (χ0n) is 13.8. The molecule has 6 heteroatoms. The van der Waals surface area contributed by atoms with Gasteiger partial charge in [-0.2, -0.15) is 0 Å². The summed E-state index contributed by atoms with van der Waals surface area (Å²) < 4.78 is 0. The van der Waals surface area contributed by atoms with Gasteiger partial charge in [-0.05, 0) is 55.0 Å². The van der Waals surface area contributed by atoms with Gasteiger partial charge in [-0.3, -0.25) is 0 Å². The Morgan fingerprint density at radius 1 is 1.08 bits per heavy atom. The Kier molecular flexibility index (Phi) is 4.96. The molecule has 0 bridgehead atoms. The van der Waals surface area contributed by atoms with Crippen molar-refractivity contribution < 1.29 is 0 Å². The van der Waals surface area contributed by atoms with Crippen molar-refractivity contribution in [1.82, 2.24) is 9.97 Å². The van der Waals surface area contributed by atoms with E-state index in [0.717, 1.165) is 18.7 Å². The lowest BCUT2D eigenvalue weighted by Gasteiger charge is -2.13. The van der Waals surface area contributed by atoms with Crippen LogP contribution in [0.2, 0.25) is 0 Å². The lowest BCUT2D eigenvalue weighted by atomic mass is 10.1. The first kappa shape index (κ1) is 16.3. The summed E-state index contributed by atoms with van der Waals surface area (Å²) in [6.07, 6.45) is 2.47. The average Bonchev–Trinajstić information content (AvgIpc) is 3.08. The molecule has 3 rings (SSSR count). The number of aryl methyl sites for hydroxylation is 2. The quantitative estimate of drug-likeness (QED) is 0.629. The molecule has 1 aromatic carbocycles. The Morgan fingerprint density at radius 2 is 1.92 bits per heavy atom. The third-order valence-electron chi connectivity index (χ3n) is 3.90. The highest BCUT2D eigenvalue weighted by Gasteiger charge is 2.08. The third-order valence-corrected chi connectivity index (χ3v) is 4.83. The van der Waals surface area contributed by atoms with E-state index in [1.54, 1.807) is 11.3 Å². The average molecular weight is 339 g/mol. The molecule has 0 unspecified atom stereocenters. The molecule has 0 aliphatic rings. The molecule has 0 aliphatic heterocycles. The maximum absolute atomic E-state index is 6.21. The highest BCUT2D eigenvalue weighted by atomic mass is 32.1. The first-order chi connectivity index (χ1) is 11.6. The third kappa shape index (κ3) is 3.83. The van der Waals surface area contributed by atoms with E-state index in [1.165, 1.54) is 22.3 Å². The first-order valence-electron chi connectivity index (χ1n) is 7.84. The van der Waals surface area contributed by atoms with Crippen molar-refractivity contribution in [3.8, 4) is 0 Å². The van der Waals surface area contributed by atoms with E-state index in [-0.39, 0.29) is 0 Å². The van der Waals surface area contributed by atoms with Gasteiger partial charge in [0.2, 0.25) is 0 Å². The van der Waals surface area contributed by atoms with Crippen LogP contribution in [-0.2, 0) is 6.42 Å². The van der Waals surface area contributed by atoms with Gasteiger partial charge in [-0.25, -0.2) is 9.97 Å². The summed E-state index contributed by atoms with van der Waals surface area (Å²) in [7, 11) is 0. The largest absolute Gasteiger partial charge is 0.393 e. The monoisotopic (exact) mass is 339 g/mol. The van der Waals surface area contributed by atoms with Crippen molar-refractivity contribution in [3.63, 3.8) is 0 Å². The van der Waals surface area contributed by atoms with Gasteiger partial charge in [0, 0.05) is 17.1 Å². The summed E-state index contributed by atoms with van der Waals surface area (Å²) in [5.41, 5.74) is 10.2. The van der Waals surface area contributed by atoms with Gasteiger partial charge in [0.25, 0.3) is 0 Å². The molecule has 0 saturated heterocycles. The number of thiophene rings is 1. The van der Waals surface area contributed by atoms with Crippen LogP contribution in [0.25, 0.3) is 0 Å². The number of nitrogens with zero attached hydrogens (tertiary/aromatic N) is 2. The minimum Gasteiger partial charge on any atom is -0.393 e. The number of rotatable bonds is 6.